The Morgan fingerprint density at radius 1 is 1.28 bits per heavy atom. The van der Waals surface area contributed by atoms with Crippen molar-refractivity contribution in [2.24, 2.45) is 0 Å². The van der Waals surface area contributed by atoms with E-state index in [0.717, 1.165) is 31.9 Å². The number of anilines is 2. The summed E-state index contributed by atoms with van der Waals surface area (Å²) in [5.41, 5.74) is 7.99. The Morgan fingerprint density at radius 2 is 2.11 bits per heavy atom. The van der Waals surface area contributed by atoms with Crippen molar-refractivity contribution in [1.82, 2.24) is 4.98 Å². The van der Waals surface area contributed by atoms with Crippen molar-refractivity contribution >= 4 is 22.8 Å². The molecule has 0 saturated carbocycles. The standard InChI is InChI=1S/C13H15N3OS/c14-13-2-1-10(8-15-13)12-7-11(9-18-12)16-3-5-17-6-4-16/h1-2,7-9H,3-6H2,(H2,14,15). The summed E-state index contributed by atoms with van der Waals surface area (Å²) in [4.78, 5) is 7.71. The van der Waals surface area contributed by atoms with Crippen LogP contribution in [0.2, 0.25) is 0 Å². The minimum Gasteiger partial charge on any atom is -0.384 e. The van der Waals surface area contributed by atoms with Crippen LogP contribution in [0.3, 0.4) is 0 Å². The highest BCUT2D eigenvalue weighted by atomic mass is 32.1. The molecule has 18 heavy (non-hydrogen) atoms. The molecule has 4 nitrogen and oxygen atoms in total. The Bertz CT molecular complexity index is 517. The van der Waals surface area contributed by atoms with Gasteiger partial charge in [-0.25, -0.2) is 4.98 Å². The molecule has 0 spiro atoms. The quantitative estimate of drug-likeness (QED) is 0.900. The molecule has 0 amide bonds. The third-order valence-corrected chi connectivity index (χ3v) is 4.00. The second kappa shape index (κ2) is 4.96. The van der Waals surface area contributed by atoms with Gasteiger partial charge in [-0.2, -0.15) is 0 Å². The van der Waals surface area contributed by atoms with E-state index in [9.17, 15) is 0 Å². The van der Waals surface area contributed by atoms with Gasteiger partial charge in [0.15, 0.2) is 0 Å². The molecule has 0 radical (unpaired) electrons. The van der Waals surface area contributed by atoms with Gasteiger partial charge in [-0.05, 0) is 18.2 Å². The molecule has 0 atom stereocenters. The summed E-state index contributed by atoms with van der Waals surface area (Å²) in [6.07, 6.45) is 1.82. The van der Waals surface area contributed by atoms with Gasteiger partial charge in [-0.3, -0.25) is 0 Å². The number of morpholine rings is 1. The van der Waals surface area contributed by atoms with Crippen LogP contribution < -0.4 is 10.6 Å². The number of hydrogen-bond acceptors (Lipinski definition) is 5. The van der Waals surface area contributed by atoms with Crippen LogP contribution >= 0.6 is 11.3 Å². The molecular formula is C13H15N3OS. The third kappa shape index (κ3) is 2.32. The van der Waals surface area contributed by atoms with Crippen molar-refractivity contribution in [2.75, 3.05) is 36.9 Å². The van der Waals surface area contributed by atoms with Gasteiger partial charge in [-0.1, -0.05) is 0 Å². The van der Waals surface area contributed by atoms with Crippen molar-refractivity contribution in [2.45, 2.75) is 0 Å². The number of nitrogens with zero attached hydrogens (tertiary/aromatic N) is 2. The summed E-state index contributed by atoms with van der Waals surface area (Å²) in [6, 6.07) is 6.06. The van der Waals surface area contributed by atoms with Crippen molar-refractivity contribution in [1.29, 1.82) is 0 Å². The van der Waals surface area contributed by atoms with Crippen LogP contribution in [0, 0.1) is 0 Å². The molecule has 2 aromatic rings. The van der Waals surface area contributed by atoms with Gasteiger partial charge in [-0.15, -0.1) is 11.3 Å². The fourth-order valence-corrected chi connectivity index (χ4v) is 2.93. The second-order valence-corrected chi connectivity index (χ2v) is 5.15. The lowest BCUT2D eigenvalue weighted by Crippen LogP contribution is -2.35. The van der Waals surface area contributed by atoms with Crippen LogP contribution in [0.5, 0.6) is 0 Å². The Morgan fingerprint density at radius 3 is 2.83 bits per heavy atom. The number of nitrogen functional groups attached to an aromatic ring is 1. The molecule has 94 valence electrons. The number of hydrogen-bond donors (Lipinski definition) is 1. The molecule has 3 rings (SSSR count). The van der Waals surface area contributed by atoms with E-state index in [1.54, 1.807) is 11.3 Å². The average molecular weight is 261 g/mol. The van der Waals surface area contributed by atoms with Crippen molar-refractivity contribution in [3.63, 3.8) is 0 Å². The van der Waals surface area contributed by atoms with Gasteiger partial charge < -0.3 is 15.4 Å². The summed E-state index contributed by atoms with van der Waals surface area (Å²) in [5.74, 6) is 0.559. The maximum Gasteiger partial charge on any atom is 0.123 e. The van der Waals surface area contributed by atoms with Gasteiger partial charge in [0, 0.05) is 40.8 Å². The molecule has 2 N–H and O–H groups in total. The predicted molar refractivity (Wildman–Crippen MR) is 75.0 cm³/mol. The zero-order valence-corrected chi connectivity index (χ0v) is 10.8. The largest absolute Gasteiger partial charge is 0.384 e. The van der Waals surface area contributed by atoms with E-state index < -0.39 is 0 Å². The maximum atomic E-state index is 5.60. The highest BCUT2D eigenvalue weighted by Crippen LogP contribution is 2.31. The van der Waals surface area contributed by atoms with E-state index in [-0.39, 0.29) is 0 Å². The van der Waals surface area contributed by atoms with Gasteiger partial charge in [0.25, 0.3) is 0 Å². The lowest BCUT2D eigenvalue weighted by atomic mass is 10.2. The lowest BCUT2D eigenvalue weighted by Gasteiger charge is -2.27. The van der Waals surface area contributed by atoms with Crippen molar-refractivity contribution < 1.29 is 4.74 Å². The maximum absolute atomic E-state index is 5.60. The Kier molecular flexibility index (Phi) is 3.17. The first-order valence-corrected chi connectivity index (χ1v) is 6.84. The number of aromatic nitrogens is 1. The summed E-state index contributed by atoms with van der Waals surface area (Å²) in [5, 5.41) is 2.19. The van der Waals surface area contributed by atoms with Gasteiger partial charge >= 0.3 is 0 Å². The van der Waals surface area contributed by atoms with Crippen LogP contribution in [-0.2, 0) is 4.74 Å². The van der Waals surface area contributed by atoms with Crippen LogP contribution in [0.1, 0.15) is 0 Å². The lowest BCUT2D eigenvalue weighted by molar-refractivity contribution is 0.123. The molecule has 0 aromatic carbocycles. The molecule has 2 aromatic heterocycles. The molecule has 1 fully saturated rings. The molecule has 3 heterocycles. The summed E-state index contributed by atoms with van der Waals surface area (Å²) < 4.78 is 5.36. The van der Waals surface area contributed by atoms with Crippen molar-refractivity contribution in [3.8, 4) is 10.4 Å². The average Bonchev–Trinajstić information content (AvgIpc) is 2.90. The third-order valence-electron chi connectivity index (χ3n) is 3.03. The predicted octanol–water partition coefficient (Wildman–Crippen LogP) is 2.23. The SMILES string of the molecule is Nc1ccc(-c2cc(N3CCOCC3)cs2)cn1. The normalized spacial score (nSPS) is 15.9. The number of thiophene rings is 1. The molecule has 1 saturated heterocycles. The Labute approximate surface area is 110 Å². The number of ether oxygens (including phenoxy) is 1. The van der Waals surface area contributed by atoms with Crippen LogP contribution in [-0.4, -0.2) is 31.3 Å². The van der Waals surface area contributed by atoms with Gasteiger partial charge in [0.05, 0.1) is 13.2 Å². The monoisotopic (exact) mass is 261 g/mol. The highest BCUT2D eigenvalue weighted by Gasteiger charge is 2.13. The summed E-state index contributed by atoms with van der Waals surface area (Å²) in [7, 11) is 0. The first-order chi connectivity index (χ1) is 8.83. The molecule has 5 heteroatoms. The second-order valence-electron chi connectivity index (χ2n) is 4.24. The minimum atomic E-state index is 0.559. The Hall–Kier alpha value is -1.59. The highest BCUT2D eigenvalue weighted by molar-refractivity contribution is 7.14. The zero-order chi connectivity index (χ0) is 12.4. The molecule has 0 aliphatic carbocycles. The first kappa shape index (κ1) is 11.5. The fourth-order valence-electron chi connectivity index (χ4n) is 2.02. The molecule has 1 aliphatic heterocycles. The topological polar surface area (TPSA) is 51.4 Å². The van der Waals surface area contributed by atoms with Crippen LogP contribution in [0.25, 0.3) is 10.4 Å². The van der Waals surface area contributed by atoms with E-state index in [1.807, 2.05) is 18.3 Å². The van der Waals surface area contributed by atoms with Crippen molar-refractivity contribution in [3.05, 3.63) is 29.8 Å². The van der Waals surface area contributed by atoms with E-state index >= 15 is 0 Å². The minimum absolute atomic E-state index is 0.559. The number of rotatable bonds is 2. The number of nitrogens with two attached hydrogens (primary N) is 1. The van der Waals surface area contributed by atoms with E-state index in [4.69, 9.17) is 10.5 Å². The molecule has 0 bridgehead atoms. The first-order valence-electron chi connectivity index (χ1n) is 5.96. The summed E-state index contributed by atoms with van der Waals surface area (Å²) >= 11 is 1.74. The van der Waals surface area contributed by atoms with E-state index in [0.29, 0.717) is 5.82 Å². The summed E-state index contributed by atoms with van der Waals surface area (Å²) in [6.45, 7) is 3.57. The van der Waals surface area contributed by atoms with E-state index in [2.05, 4.69) is 21.3 Å². The number of pyridine rings is 1. The molecular weight excluding hydrogens is 246 g/mol. The smallest absolute Gasteiger partial charge is 0.123 e. The van der Waals surface area contributed by atoms with E-state index in [1.165, 1.54) is 10.6 Å². The fraction of sp³-hybridized carbons (Fsp3) is 0.308. The molecule has 1 aliphatic rings. The van der Waals surface area contributed by atoms with Gasteiger partial charge in [0.2, 0.25) is 0 Å². The van der Waals surface area contributed by atoms with Gasteiger partial charge in [0.1, 0.15) is 5.82 Å². The van der Waals surface area contributed by atoms with Crippen LogP contribution in [0.4, 0.5) is 11.5 Å². The van der Waals surface area contributed by atoms with Crippen LogP contribution in [0.15, 0.2) is 29.8 Å². The Balaban J connectivity index is 1.82. The zero-order valence-electron chi connectivity index (χ0n) is 10.0. The molecule has 0 unspecified atom stereocenters.